The van der Waals surface area contributed by atoms with Crippen LogP contribution < -0.4 is 0 Å². The highest BCUT2D eigenvalue weighted by Gasteiger charge is 2.34. The van der Waals surface area contributed by atoms with Crippen molar-refractivity contribution in [3.05, 3.63) is 0 Å². The Balaban J connectivity index is 1.81. The van der Waals surface area contributed by atoms with Crippen molar-refractivity contribution >= 4 is 5.97 Å². The van der Waals surface area contributed by atoms with E-state index in [1.807, 2.05) is 0 Å². The number of esters is 1. The van der Waals surface area contributed by atoms with E-state index in [0.717, 1.165) is 24.7 Å². The Hall–Kier alpha value is -0.610. The second kappa shape index (κ2) is 13.7. The average Bonchev–Trinajstić information content (AvgIpc) is 3.34. The first kappa shape index (κ1) is 21.4. The molecule has 0 heterocycles. The number of carbonyl (C=O) groups excluding carboxylic acids is 1. The van der Waals surface area contributed by atoms with Crippen molar-refractivity contribution in [3.63, 3.8) is 0 Å². The van der Waals surface area contributed by atoms with Crippen molar-refractivity contribution in [3.8, 4) is 0 Å². The summed E-state index contributed by atoms with van der Waals surface area (Å²) in [5, 5.41) is 17.7. The van der Waals surface area contributed by atoms with E-state index in [1.54, 1.807) is 0 Å². The third kappa shape index (κ3) is 11.0. The van der Waals surface area contributed by atoms with Gasteiger partial charge in [-0.1, -0.05) is 71.1 Å². The van der Waals surface area contributed by atoms with Gasteiger partial charge in [0.15, 0.2) is 0 Å². The van der Waals surface area contributed by atoms with Crippen LogP contribution >= 0.6 is 0 Å². The lowest BCUT2D eigenvalue weighted by Crippen LogP contribution is -2.21. The van der Waals surface area contributed by atoms with Crippen LogP contribution in [0.2, 0.25) is 0 Å². The topological polar surface area (TPSA) is 66.8 Å². The van der Waals surface area contributed by atoms with Gasteiger partial charge in [-0.05, 0) is 24.7 Å². The number of ether oxygens (including phenoxy) is 1. The Kier molecular flexibility index (Phi) is 12.2. The maximum absolute atomic E-state index is 11.4. The van der Waals surface area contributed by atoms with Gasteiger partial charge < -0.3 is 14.9 Å². The summed E-state index contributed by atoms with van der Waals surface area (Å²) in [6.07, 6.45) is 15.1. The Morgan fingerprint density at radius 2 is 1.58 bits per heavy atom. The molecule has 0 spiro atoms. The first-order valence-corrected chi connectivity index (χ1v) is 10.1. The Morgan fingerprint density at radius 3 is 2.21 bits per heavy atom. The zero-order chi connectivity index (χ0) is 17.6. The molecule has 4 nitrogen and oxygen atoms in total. The maximum atomic E-state index is 11.4. The van der Waals surface area contributed by atoms with Gasteiger partial charge >= 0.3 is 5.97 Å². The molecular weight excluding hydrogens is 304 g/mol. The lowest BCUT2D eigenvalue weighted by Gasteiger charge is -2.08. The summed E-state index contributed by atoms with van der Waals surface area (Å²) in [4.78, 5) is 11.4. The molecule has 0 amide bonds. The van der Waals surface area contributed by atoms with E-state index in [1.165, 1.54) is 64.2 Å². The first-order valence-electron chi connectivity index (χ1n) is 10.1. The van der Waals surface area contributed by atoms with Gasteiger partial charge in [0.1, 0.15) is 12.7 Å². The van der Waals surface area contributed by atoms with Crippen molar-refractivity contribution in [1.29, 1.82) is 0 Å². The molecule has 24 heavy (non-hydrogen) atoms. The maximum Gasteiger partial charge on any atom is 0.305 e. The fraction of sp³-hybridized carbons (Fsp3) is 0.950. The van der Waals surface area contributed by atoms with Crippen LogP contribution in [-0.4, -0.2) is 35.5 Å². The molecule has 0 saturated heterocycles. The van der Waals surface area contributed by atoms with Crippen molar-refractivity contribution in [1.82, 2.24) is 0 Å². The quantitative estimate of drug-likeness (QED) is 0.325. The summed E-state index contributed by atoms with van der Waals surface area (Å²) in [7, 11) is 0. The molecule has 1 fully saturated rings. The van der Waals surface area contributed by atoms with Gasteiger partial charge in [0.25, 0.3) is 0 Å². The number of hydrogen-bond donors (Lipinski definition) is 2. The van der Waals surface area contributed by atoms with E-state index in [-0.39, 0.29) is 19.2 Å². The van der Waals surface area contributed by atoms with E-state index in [9.17, 15) is 4.79 Å². The van der Waals surface area contributed by atoms with Gasteiger partial charge in [-0.25, -0.2) is 0 Å². The number of unbranched alkanes of at least 4 members (excludes halogenated alkanes) is 7. The van der Waals surface area contributed by atoms with Crippen molar-refractivity contribution in [2.45, 2.75) is 96.5 Å². The highest BCUT2D eigenvalue weighted by Crippen LogP contribution is 2.45. The molecule has 0 aromatic rings. The Bertz CT molecular complexity index is 319. The standard InChI is InChI=1S/C20H38O4/c1-2-3-4-8-11-17-14-18(17)12-9-6-5-7-10-13-20(23)24-16-19(22)15-21/h17-19,21-22H,2-16H2,1H3/t17-,18+,19-/m0/s1. The van der Waals surface area contributed by atoms with E-state index < -0.39 is 6.10 Å². The Morgan fingerprint density at radius 1 is 1.00 bits per heavy atom. The van der Waals surface area contributed by atoms with E-state index in [2.05, 4.69) is 6.92 Å². The van der Waals surface area contributed by atoms with Gasteiger partial charge in [0.2, 0.25) is 0 Å². The van der Waals surface area contributed by atoms with Gasteiger partial charge in [0.05, 0.1) is 6.61 Å². The molecule has 0 unspecified atom stereocenters. The molecule has 2 N–H and O–H groups in total. The van der Waals surface area contributed by atoms with Crippen molar-refractivity contribution < 1.29 is 19.7 Å². The molecule has 142 valence electrons. The SMILES string of the molecule is CCCCCC[C@H]1C[C@H]1CCCCCCCC(=O)OC[C@@H](O)CO. The lowest BCUT2D eigenvalue weighted by atomic mass is 10.0. The molecule has 0 aromatic heterocycles. The average molecular weight is 343 g/mol. The number of hydrogen-bond acceptors (Lipinski definition) is 4. The van der Waals surface area contributed by atoms with Crippen LogP contribution in [0.4, 0.5) is 0 Å². The highest BCUT2D eigenvalue weighted by molar-refractivity contribution is 5.69. The predicted octanol–water partition coefficient (Wildman–Crippen LogP) is 4.22. The molecule has 1 aliphatic carbocycles. The normalized spacial score (nSPS) is 20.8. The molecule has 1 aliphatic rings. The molecule has 3 atom stereocenters. The molecule has 1 rings (SSSR count). The molecular formula is C20H38O4. The fourth-order valence-electron chi connectivity index (χ4n) is 3.37. The van der Waals surface area contributed by atoms with Crippen LogP contribution in [0.5, 0.6) is 0 Å². The fourth-order valence-corrected chi connectivity index (χ4v) is 3.37. The predicted molar refractivity (Wildman–Crippen MR) is 96.7 cm³/mol. The van der Waals surface area contributed by atoms with Crippen LogP contribution in [0, 0.1) is 11.8 Å². The number of rotatable bonds is 16. The number of aliphatic hydroxyl groups is 2. The van der Waals surface area contributed by atoms with E-state index >= 15 is 0 Å². The summed E-state index contributed by atoms with van der Waals surface area (Å²) >= 11 is 0. The minimum Gasteiger partial charge on any atom is -0.463 e. The van der Waals surface area contributed by atoms with Gasteiger partial charge in [-0.3, -0.25) is 4.79 Å². The van der Waals surface area contributed by atoms with Crippen molar-refractivity contribution in [2.24, 2.45) is 11.8 Å². The van der Waals surface area contributed by atoms with Crippen LogP contribution in [0.1, 0.15) is 90.4 Å². The molecule has 4 heteroatoms. The van der Waals surface area contributed by atoms with Crippen LogP contribution in [0.3, 0.4) is 0 Å². The molecule has 0 aromatic carbocycles. The highest BCUT2D eigenvalue weighted by atomic mass is 16.5. The van der Waals surface area contributed by atoms with Crippen LogP contribution in [0.15, 0.2) is 0 Å². The minimum absolute atomic E-state index is 0.101. The summed E-state index contributed by atoms with van der Waals surface area (Å²) in [5.74, 6) is 1.77. The lowest BCUT2D eigenvalue weighted by molar-refractivity contribution is -0.147. The first-order chi connectivity index (χ1) is 11.7. The zero-order valence-electron chi connectivity index (χ0n) is 15.5. The van der Waals surface area contributed by atoms with Crippen LogP contribution in [-0.2, 0) is 9.53 Å². The molecule has 0 aliphatic heterocycles. The largest absolute Gasteiger partial charge is 0.463 e. The van der Waals surface area contributed by atoms with Crippen molar-refractivity contribution in [2.75, 3.05) is 13.2 Å². The number of carbonyl (C=O) groups is 1. The summed E-state index contributed by atoms with van der Waals surface area (Å²) in [5.41, 5.74) is 0. The van der Waals surface area contributed by atoms with Gasteiger partial charge in [-0.2, -0.15) is 0 Å². The zero-order valence-corrected chi connectivity index (χ0v) is 15.5. The third-order valence-electron chi connectivity index (χ3n) is 5.10. The second-order valence-electron chi connectivity index (χ2n) is 7.43. The minimum atomic E-state index is -0.952. The second-order valence-corrected chi connectivity index (χ2v) is 7.43. The number of aliphatic hydroxyl groups excluding tert-OH is 2. The molecule has 0 radical (unpaired) electrons. The van der Waals surface area contributed by atoms with Gasteiger partial charge in [-0.15, -0.1) is 0 Å². The summed E-state index contributed by atoms with van der Waals surface area (Å²) in [6, 6.07) is 0. The Labute approximate surface area is 148 Å². The summed E-state index contributed by atoms with van der Waals surface area (Å²) in [6.45, 7) is 1.80. The molecule has 1 saturated carbocycles. The monoisotopic (exact) mass is 342 g/mol. The molecule has 0 bridgehead atoms. The third-order valence-corrected chi connectivity index (χ3v) is 5.10. The van der Waals surface area contributed by atoms with Crippen LogP contribution in [0.25, 0.3) is 0 Å². The van der Waals surface area contributed by atoms with E-state index in [4.69, 9.17) is 14.9 Å². The van der Waals surface area contributed by atoms with E-state index in [0.29, 0.717) is 6.42 Å². The smallest absolute Gasteiger partial charge is 0.305 e. The summed E-state index contributed by atoms with van der Waals surface area (Å²) < 4.78 is 4.87. The van der Waals surface area contributed by atoms with Gasteiger partial charge in [0, 0.05) is 6.42 Å².